The largest absolute Gasteiger partial charge is 0.496 e. The zero-order valence-electron chi connectivity index (χ0n) is 10.0. The molecule has 0 saturated carbocycles. The van der Waals surface area contributed by atoms with E-state index in [2.05, 4.69) is 0 Å². The number of hydrogen-bond donors (Lipinski definition) is 1. The van der Waals surface area contributed by atoms with E-state index in [4.69, 9.17) is 22.1 Å². The summed E-state index contributed by atoms with van der Waals surface area (Å²) in [7, 11) is 1.65. The highest BCUT2D eigenvalue weighted by molar-refractivity contribution is 6.30. The Hall–Kier alpha value is -1.22. The summed E-state index contributed by atoms with van der Waals surface area (Å²) < 4.78 is 5.25. The third kappa shape index (κ3) is 3.16. The van der Waals surface area contributed by atoms with Crippen LogP contribution in [0.15, 0.2) is 42.5 Å². The summed E-state index contributed by atoms with van der Waals surface area (Å²) in [4.78, 5) is 0. The number of methoxy groups -OCH3 is 1. The third-order valence-corrected chi connectivity index (χ3v) is 2.93. The first kappa shape index (κ1) is 14.8. The lowest BCUT2D eigenvalue weighted by Crippen LogP contribution is -2.00. The number of halogens is 2. The first-order chi connectivity index (χ1) is 8.24. The van der Waals surface area contributed by atoms with Gasteiger partial charge in [-0.3, -0.25) is 0 Å². The molecule has 0 bridgehead atoms. The Morgan fingerprint density at radius 3 is 2.22 bits per heavy atom. The van der Waals surface area contributed by atoms with E-state index < -0.39 is 0 Å². The molecule has 0 amide bonds. The first-order valence-electron chi connectivity index (χ1n) is 5.37. The molecule has 2 rings (SSSR count). The summed E-state index contributed by atoms with van der Waals surface area (Å²) >= 11 is 5.87. The second kappa shape index (κ2) is 6.64. The van der Waals surface area contributed by atoms with Crippen LogP contribution in [0.3, 0.4) is 0 Å². The van der Waals surface area contributed by atoms with E-state index in [1.165, 1.54) is 0 Å². The van der Waals surface area contributed by atoms with E-state index in [1.54, 1.807) is 7.11 Å². The van der Waals surface area contributed by atoms with Crippen molar-refractivity contribution in [2.45, 2.75) is 6.54 Å². The van der Waals surface area contributed by atoms with Crippen molar-refractivity contribution in [3.63, 3.8) is 0 Å². The first-order valence-corrected chi connectivity index (χ1v) is 5.75. The standard InChI is InChI=1S/C14H14ClNO.ClH/c1-17-14-7-4-11(8-12(14)9-16)10-2-5-13(15)6-3-10;/h2-8H,9,16H2,1H3;1H. The Labute approximate surface area is 118 Å². The van der Waals surface area contributed by atoms with Crippen LogP contribution in [0.1, 0.15) is 5.56 Å². The molecule has 2 aromatic rings. The van der Waals surface area contributed by atoms with Gasteiger partial charge in [0.25, 0.3) is 0 Å². The van der Waals surface area contributed by atoms with Gasteiger partial charge in [0.1, 0.15) is 5.75 Å². The maximum absolute atomic E-state index is 5.87. The predicted octanol–water partition coefficient (Wildman–Crippen LogP) is 3.90. The Morgan fingerprint density at radius 2 is 1.67 bits per heavy atom. The lowest BCUT2D eigenvalue weighted by Gasteiger charge is -2.09. The van der Waals surface area contributed by atoms with Crippen LogP contribution in [0, 0.1) is 0 Å². The Balaban J connectivity index is 0.00000162. The minimum Gasteiger partial charge on any atom is -0.496 e. The normalized spacial score (nSPS) is 9.72. The number of rotatable bonds is 3. The zero-order chi connectivity index (χ0) is 12.3. The van der Waals surface area contributed by atoms with Crippen molar-refractivity contribution < 1.29 is 4.74 Å². The fourth-order valence-electron chi connectivity index (χ4n) is 1.76. The van der Waals surface area contributed by atoms with Crippen LogP contribution in [0.25, 0.3) is 11.1 Å². The van der Waals surface area contributed by atoms with Crippen LogP contribution in [-0.2, 0) is 6.54 Å². The summed E-state index contributed by atoms with van der Waals surface area (Å²) in [5.74, 6) is 0.824. The fraction of sp³-hybridized carbons (Fsp3) is 0.143. The molecular weight excluding hydrogens is 269 g/mol. The maximum atomic E-state index is 5.87. The van der Waals surface area contributed by atoms with E-state index in [1.807, 2.05) is 42.5 Å². The molecule has 18 heavy (non-hydrogen) atoms. The van der Waals surface area contributed by atoms with Crippen LogP contribution in [-0.4, -0.2) is 7.11 Å². The molecule has 0 heterocycles. The highest BCUT2D eigenvalue weighted by atomic mass is 35.5. The number of ether oxygens (including phenoxy) is 1. The van der Waals surface area contributed by atoms with Gasteiger partial charge in [0.15, 0.2) is 0 Å². The van der Waals surface area contributed by atoms with Crippen molar-refractivity contribution in [1.29, 1.82) is 0 Å². The van der Waals surface area contributed by atoms with Crippen molar-refractivity contribution in [2.24, 2.45) is 5.73 Å². The molecule has 0 unspecified atom stereocenters. The number of benzene rings is 2. The van der Waals surface area contributed by atoms with Crippen molar-refractivity contribution in [1.82, 2.24) is 0 Å². The summed E-state index contributed by atoms with van der Waals surface area (Å²) in [6.07, 6.45) is 0. The van der Waals surface area contributed by atoms with Crippen LogP contribution < -0.4 is 10.5 Å². The van der Waals surface area contributed by atoms with Gasteiger partial charge in [-0.25, -0.2) is 0 Å². The second-order valence-corrected chi connectivity index (χ2v) is 4.17. The molecule has 2 aromatic carbocycles. The molecular formula is C14H15Cl2NO. The zero-order valence-corrected chi connectivity index (χ0v) is 11.6. The van der Waals surface area contributed by atoms with Gasteiger partial charge < -0.3 is 10.5 Å². The number of hydrogen-bond acceptors (Lipinski definition) is 2. The molecule has 2 nitrogen and oxygen atoms in total. The minimum atomic E-state index is 0. The number of nitrogens with two attached hydrogens (primary N) is 1. The summed E-state index contributed by atoms with van der Waals surface area (Å²) in [6, 6.07) is 13.7. The highest BCUT2D eigenvalue weighted by Crippen LogP contribution is 2.27. The van der Waals surface area contributed by atoms with Crippen molar-refractivity contribution >= 4 is 24.0 Å². The van der Waals surface area contributed by atoms with Gasteiger partial charge >= 0.3 is 0 Å². The average Bonchev–Trinajstić information content (AvgIpc) is 2.39. The van der Waals surface area contributed by atoms with Crippen LogP contribution >= 0.6 is 24.0 Å². The SMILES string of the molecule is COc1ccc(-c2ccc(Cl)cc2)cc1CN.Cl. The third-order valence-electron chi connectivity index (χ3n) is 2.68. The van der Waals surface area contributed by atoms with Gasteiger partial charge in [-0.1, -0.05) is 29.8 Å². The van der Waals surface area contributed by atoms with Crippen molar-refractivity contribution in [2.75, 3.05) is 7.11 Å². The van der Waals surface area contributed by atoms with Crippen LogP contribution in [0.5, 0.6) is 5.75 Å². The summed E-state index contributed by atoms with van der Waals surface area (Å²) in [5.41, 5.74) is 8.93. The quantitative estimate of drug-likeness (QED) is 0.927. The van der Waals surface area contributed by atoms with Crippen molar-refractivity contribution in [3.8, 4) is 16.9 Å². The molecule has 0 saturated heterocycles. The predicted molar refractivity (Wildman–Crippen MR) is 78.6 cm³/mol. The van der Waals surface area contributed by atoms with E-state index in [0.717, 1.165) is 27.5 Å². The van der Waals surface area contributed by atoms with E-state index in [0.29, 0.717) is 6.54 Å². The van der Waals surface area contributed by atoms with E-state index in [-0.39, 0.29) is 12.4 Å². The van der Waals surface area contributed by atoms with E-state index in [9.17, 15) is 0 Å². The van der Waals surface area contributed by atoms with Gasteiger partial charge in [0.2, 0.25) is 0 Å². The van der Waals surface area contributed by atoms with Gasteiger partial charge in [-0.2, -0.15) is 0 Å². The molecule has 0 fully saturated rings. The smallest absolute Gasteiger partial charge is 0.123 e. The molecule has 96 valence electrons. The Morgan fingerprint density at radius 1 is 1.06 bits per heavy atom. The topological polar surface area (TPSA) is 35.2 Å². The van der Waals surface area contributed by atoms with Crippen LogP contribution in [0.2, 0.25) is 5.02 Å². The fourth-order valence-corrected chi connectivity index (χ4v) is 1.89. The molecule has 0 aliphatic heterocycles. The van der Waals surface area contributed by atoms with Gasteiger partial charge in [0.05, 0.1) is 7.11 Å². The molecule has 0 spiro atoms. The molecule has 4 heteroatoms. The summed E-state index contributed by atoms with van der Waals surface area (Å²) in [6.45, 7) is 0.463. The maximum Gasteiger partial charge on any atom is 0.123 e. The van der Waals surface area contributed by atoms with Gasteiger partial charge in [-0.05, 0) is 35.4 Å². The lowest BCUT2D eigenvalue weighted by atomic mass is 10.0. The Bertz CT molecular complexity index is 512. The lowest BCUT2D eigenvalue weighted by molar-refractivity contribution is 0.410. The molecule has 0 radical (unpaired) electrons. The highest BCUT2D eigenvalue weighted by Gasteiger charge is 2.04. The van der Waals surface area contributed by atoms with Gasteiger partial charge in [0, 0.05) is 17.1 Å². The summed E-state index contributed by atoms with van der Waals surface area (Å²) in [5, 5.41) is 0.737. The second-order valence-electron chi connectivity index (χ2n) is 3.74. The molecule has 0 aliphatic rings. The minimum absolute atomic E-state index is 0. The van der Waals surface area contributed by atoms with Crippen LogP contribution in [0.4, 0.5) is 0 Å². The van der Waals surface area contributed by atoms with Crippen molar-refractivity contribution in [3.05, 3.63) is 53.1 Å². The molecule has 0 aromatic heterocycles. The molecule has 0 atom stereocenters. The Kier molecular flexibility index (Phi) is 5.48. The molecule has 2 N–H and O–H groups in total. The molecule has 0 aliphatic carbocycles. The monoisotopic (exact) mass is 283 g/mol. The average molecular weight is 284 g/mol. The van der Waals surface area contributed by atoms with Gasteiger partial charge in [-0.15, -0.1) is 12.4 Å². The van der Waals surface area contributed by atoms with E-state index >= 15 is 0 Å².